The molecule has 0 saturated heterocycles. The van der Waals surface area contributed by atoms with Gasteiger partial charge in [-0.3, -0.25) is 0 Å². The van der Waals surface area contributed by atoms with E-state index in [0.29, 0.717) is 6.61 Å². The molecule has 0 amide bonds. The number of aliphatic hydroxyl groups is 1. The number of hydrogen-bond acceptors (Lipinski definition) is 2. The molecule has 0 aromatic heterocycles. The Morgan fingerprint density at radius 2 is 2.08 bits per heavy atom. The molecule has 0 spiro atoms. The fraction of sp³-hybridized carbons (Fsp3) is 0.455. The minimum absolute atomic E-state index is 0.465. The highest BCUT2D eigenvalue weighted by atomic mass is 16.5. The first-order valence-electron chi connectivity index (χ1n) is 4.65. The van der Waals surface area contributed by atoms with Gasteiger partial charge in [0.2, 0.25) is 0 Å². The van der Waals surface area contributed by atoms with Crippen molar-refractivity contribution >= 4 is 0 Å². The number of aliphatic hydroxyl groups excluding tert-OH is 1. The summed E-state index contributed by atoms with van der Waals surface area (Å²) in [5, 5.41) is 9.42. The summed E-state index contributed by atoms with van der Waals surface area (Å²) in [6, 6.07) is 7.59. The molecule has 1 N–H and O–H groups in total. The van der Waals surface area contributed by atoms with Gasteiger partial charge in [0, 0.05) is 5.56 Å². The maximum Gasteiger partial charge on any atom is 0.125 e. The van der Waals surface area contributed by atoms with E-state index in [0.717, 1.165) is 17.7 Å². The maximum absolute atomic E-state index is 9.42. The summed E-state index contributed by atoms with van der Waals surface area (Å²) in [5.74, 6) is 0.791. The highest BCUT2D eigenvalue weighted by Crippen LogP contribution is 2.24. The van der Waals surface area contributed by atoms with Crippen LogP contribution in [0.4, 0.5) is 0 Å². The summed E-state index contributed by atoms with van der Waals surface area (Å²) in [7, 11) is 0. The molecule has 0 heterocycles. The van der Waals surface area contributed by atoms with Crippen LogP contribution in [-0.4, -0.2) is 11.7 Å². The molecule has 0 aliphatic rings. The third kappa shape index (κ3) is 2.74. The quantitative estimate of drug-likeness (QED) is 0.771. The van der Waals surface area contributed by atoms with Crippen molar-refractivity contribution in [1.82, 2.24) is 0 Å². The van der Waals surface area contributed by atoms with Crippen molar-refractivity contribution in [3.63, 3.8) is 0 Å². The van der Waals surface area contributed by atoms with Gasteiger partial charge in [-0.1, -0.05) is 25.1 Å². The van der Waals surface area contributed by atoms with Crippen LogP contribution in [0.5, 0.6) is 5.75 Å². The van der Waals surface area contributed by atoms with Gasteiger partial charge in [0.1, 0.15) is 5.75 Å². The van der Waals surface area contributed by atoms with E-state index in [2.05, 4.69) is 6.92 Å². The summed E-state index contributed by atoms with van der Waals surface area (Å²) >= 11 is 0. The maximum atomic E-state index is 9.42. The van der Waals surface area contributed by atoms with E-state index in [9.17, 15) is 5.11 Å². The second-order valence-corrected chi connectivity index (χ2v) is 3.06. The molecule has 0 aliphatic carbocycles. The Morgan fingerprint density at radius 1 is 1.38 bits per heavy atom. The van der Waals surface area contributed by atoms with Crippen LogP contribution >= 0.6 is 0 Å². The van der Waals surface area contributed by atoms with Gasteiger partial charge in [-0.25, -0.2) is 0 Å². The topological polar surface area (TPSA) is 29.5 Å². The smallest absolute Gasteiger partial charge is 0.125 e. The molecule has 1 aromatic rings. The molecule has 0 fully saturated rings. The fourth-order valence-corrected chi connectivity index (χ4v) is 1.17. The highest BCUT2D eigenvalue weighted by molar-refractivity contribution is 5.34. The summed E-state index contributed by atoms with van der Waals surface area (Å²) < 4.78 is 5.49. The van der Waals surface area contributed by atoms with E-state index in [1.54, 1.807) is 6.92 Å². The molecule has 2 nitrogen and oxygen atoms in total. The van der Waals surface area contributed by atoms with Crippen molar-refractivity contribution in [3.05, 3.63) is 29.8 Å². The van der Waals surface area contributed by atoms with E-state index in [1.807, 2.05) is 24.3 Å². The Hall–Kier alpha value is -1.02. The normalized spacial score (nSPS) is 12.5. The molecule has 2 heteroatoms. The van der Waals surface area contributed by atoms with Gasteiger partial charge in [0.25, 0.3) is 0 Å². The van der Waals surface area contributed by atoms with Crippen LogP contribution in [0.2, 0.25) is 0 Å². The number of ether oxygens (including phenoxy) is 1. The average molecular weight is 180 g/mol. The molecule has 0 saturated carbocycles. The van der Waals surface area contributed by atoms with Crippen LogP contribution in [0.3, 0.4) is 0 Å². The Balaban J connectivity index is 2.78. The Bertz CT molecular complexity index is 256. The summed E-state index contributed by atoms with van der Waals surface area (Å²) in [4.78, 5) is 0. The van der Waals surface area contributed by atoms with Crippen LogP contribution in [-0.2, 0) is 0 Å². The molecular formula is C11H16O2. The summed E-state index contributed by atoms with van der Waals surface area (Å²) in [6.07, 6.45) is 0.516. The van der Waals surface area contributed by atoms with E-state index in [-0.39, 0.29) is 0 Å². The SMILES string of the molecule is CCCOc1ccccc1[C@H](C)O. The van der Waals surface area contributed by atoms with Gasteiger partial charge < -0.3 is 9.84 Å². The zero-order chi connectivity index (χ0) is 9.68. The molecular weight excluding hydrogens is 164 g/mol. The van der Waals surface area contributed by atoms with Crippen LogP contribution in [0.1, 0.15) is 31.9 Å². The van der Waals surface area contributed by atoms with Crippen molar-refractivity contribution in [2.45, 2.75) is 26.4 Å². The van der Waals surface area contributed by atoms with Gasteiger partial charge in [0.05, 0.1) is 12.7 Å². The van der Waals surface area contributed by atoms with Crippen LogP contribution in [0.25, 0.3) is 0 Å². The van der Waals surface area contributed by atoms with Gasteiger partial charge in [-0.2, -0.15) is 0 Å². The zero-order valence-electron chi connectivity index (χ0n) is 8.16. The third-order valence-electron chi connectivity index (χ3n) is 1.83. The molecule has 0 unspecified atom stereocenters. The van der Waals surface area contributed by atoms with Gasteiger partial charge in [-0.05, 0) is 19.4 Å². The van der Waals surface area contributed by atoms with Gasteiger partial charge in [0.15, 0.2) is 0 Å². The first-order chi connectivity index (χ1) is 6.25. The van der Waals surface area contributed by atoms with Crippen molar-refractivity contribution in [2.24, 2.45) is 0 Å². The fourth-order valence-electron chi connectivity index (χ4n) is 1.17. The Kier molecular flexibility index (Phi) is 3.77. The Morgan fingerprint density at radius 3 is 2.69 bits per heavy atom. The van der Waals surface area contributed by atoms with Crippen molar-refractivity contribution in [1.29, 1.82) is 0 Å². The standard InChI is InChI=1S/C11H16O2/c1-3-8-13-11-7-5-4-6-10(11)9(2)12/h4-7,9,12H,3,8H2,1-2H3/t9-/m0/s1. The van der Waals surface area contributed by atoms with Gasteiger partial charge >= 0.3 is 0 Å². The van der Waals surface area contributed by atoms with E-state index >= 15 is 0 Å². The molecule has 13 heavy (non-hydrogen) atoms. The predicted octanol–water partition coefficient (Wildman–Crippen LogP) is 2.53. The van der Waals surface area contributed by atoms with E-state index in [1.165, 1.54) is 0 Å². The third-order valence-corrected chi connectivity index (χ3v) is 1.83. The van der Waals surface area contributed by atoms with Crippen LogP contribution in [0.15, 0.2) is 24.3 Å². The molecule has 0 radical (unpaired) electrons. The lowest BCUT2D eigenvalue weighted by Gasteiger charge is -2.12. The molecule has 1 aromatic carbocycles. The molecule has 1 atom stereocenters. The van der Waals surface area contributed by atoms with Crippen molar-refractivity contribution < 1.29 is 9.84 Å². The molecule has 1 rings (SSSR count). The molecule has 0 aliphatic heterocycles. The minimum atomic E-state index is -0.465. The lowest BCUT2D eigenvalue weighted by Crippen LogP contribution is -2.00. The molecule has 0 bridgehead atoms. The van der Waals surface area contributed by atoms with Crippen LogP contribution < -0.4 is 4.74 Å². The van der Waals surface area contributed by atoms with E-state index in [4.69, 9.17) is 4.74 Å². The second kappa shape index (κ2) is 4.87. The predicted molar refractivity (Wildman–Crippen MR) is 52.9 cm³/mol. The number of benzene rings is 1. The second-order valence-electron chi connectivity index (χ2n) is 3.06. The van der Waals surface area contributed by atoms with Crippen molar-refractivity contribution in [3.8, 4) is 5.75 Å². The first-order valence-corrected chi connectivity index (χ1v) is 4.65. The monoisotopic (exact) mass is 180 g/mol. The van der Waals surface area contributed by atoms with Crippen LogP contribution in [0, 0.1) is 0 Å². The zero-order valence-corrected chi connectivity index (χ0v) is 8.16. The van der Waals surface area contributed by atoms with E-state index < -0.39 is 6.10 Å². The van der Waals surface area contributed by atoms with Gasteiger partial charge in [-0.15, -0.1) is 0 Å². The highest BCUT2D eigenvalue weighted by Gasteiger charge is 2.06. The minimum Gasteiger partial charge on any atom is -0.493 e. The lowest BCUT2D eigenvalue weighted by molar-refractivity contribution is 0.191. The summed E-state index contributed by atoms with van der Waals surface area (Å²) in [6.45, 7) is 4.50. The number of rotatable bonds is 4. The summed E-state index contributed by atoms with van der Waals surface area (Å²) in [5.41, 5.74) is 0.857. The first kappa shape index (κ1) is 10.1. The van der Waals surface area contributed by atoms with Crippen molar-refractivity contribution in [2.75, 3.05) is 6.61 Å². The average Bonchev–Trinajstić information content (AvgIpc) is 2.15. The molecule has 72 valence electrons. The lowest BCUT2D eigenvalue weighted by atomic mass is 10.1. The number of hydrogen-bond donors (Lipinski definition) is 1. The largest absolute Gasteiger partial charge is 0.493 e. The number of para-hydroxylation sites is 1. The Labute approximate surface area is 79.2 Å².